The standard InChI is InChI=1S/C15H22N2S/c1-11(2)14-9-10-18-15(17-14)16-12(3)13-7-5-4-6-8-13/h4-8,11-12,14H,9-10H2,1-3H3,(H,16,17). The van der Waals surface area contributed by atoms with Gasteiger partial charge in [0.2, 0.25) is 0 Å². The molecule has 1 N–H and O–H groups in total. The number of amidine groups is 1. The number of nitrogens with one attached hydrogen (secondary N) is 1. The van der Waals surface area contributed by atoms with Crippen LogP contribution < -0.4 is 5.32 Å². The fraction of sp³-hybridized carbons (Fsp3) is 0.533. The van der Waals surface area contributed by atoms with Gasteiger partial charge in [0.05, 0.1) is 12.1 Å². The summed E-state index contributed by atoms with van der Waals surface area (Å²) in [5.74, 6) is 1.81. The Morgan fingerprint density at radius 1 is 1.22 bits per heavy atom. The van der Waals surface area contributed by atoms with E-state index < -0.39 is 0 Å². The van der Waals surface area contributed by atoms with Crippen molar-refractivity contribution in [3.05, 3.63) is 35.9 Å². The van der Waals surface area contributed by atoms with Crippen molar-refractivity contribution >= 4 is 16.9 Å². The van der Waals surface area contributed by atoms with Crippen LogP contribution in [-0.4, -0.2) is 17.0 Å². The highest BCUT2D eigenvalue weighted by Crippen LogP contribution is 2.23. The smallest absolute Gasteiger partial charge is 0.157 e. The Balaban J connectivity index is 2.01. The van der Waals surface area contributed by atoms with E-state index in [1.165, 1.54) is 17.7 Å². The summed E-state index contributed by atoms with van der Waals surface area (Å²) in [7, 11) is 0. The zero-order valence-electron chi connectivity index (χ0n) is 11.4. The first-order valence-corrected chi connectivity index (χ1v) is 7.67. The van der Waals surface area contributed by atoms with Crippen molar-refractivity contribution in [3.63, 3.8) is 0 Å². The molecule has 2 unspecified atom stereocenters. The van der Waals surface area contributed by atoms with Crippen molar-refractivity contribution in [1.29, 1.82) is 0 Å². The molecule has 0 fully saturated rings. The predicted molar refractivity (Wildman–Crippen MR) is 81.1 cm³/mol. The van der Waals surface area contributed by atoms with Crippen LogP contribution in [0.1, 0.15) is 38.8 Å². The molecule has 1 aliphatic rings. The minimum absolute atomic E-state index is 0.323. The molecule has 1 aliphatic heterocycles. The van der Waals surface area contributed by atoms with Gasteiger partial charge in [-0.25, -0.2) is 0 Å². The number of hydrogen-bond acceptors (Lipinski definition) is 3. The zero-order chi connectivity index (χ0) is 13.0. The van der Waals surface area contributed by atoms with Crippen molar-refractivity contribution in [1.82, 2.24) is 5.32 Å². The molecule has 18 heavy (non-hydrogen) atoms. The van der Waals surface area contributed by atoms with Crippen LogP contribution in [-0.2, 0) is 0 Å². The monoisotopic (exact) mass is 262 g/mol. The van der Waals surface area contributed by atoms with E-state index in [4.69, 9.17) is 4.99 Å². The molecular weight excluding hydrogens is 240 g/mol. The van der Waals surface area contributed by atoms with Crippen LogP contribution >= 0.6 is 11.8 Å². The second-order valence-corrected chi connectivity index (χ2v) is 6.24. The summed E-state index contributed by atoms with van der Waals surface area (Å²) in [5.41, 5.74) is 1.31. The van der Waals surface area contributed by atoms with Crippen molar-refractivity contribution in [2.75, 3.05) is 5.75 Å². The first-order valence-electron chi connectivity index (χ1n) is 6.69. The molecule has 0 saturated heterocycles. The summed E-state index contributed by atoms with van der Waals surface area (Å²) in [6.45, 7) is 6.70. The van der Waals surface area contributed by atoms with Gasteiger partial charge in [-0.2, -0.15) is 0 Å². The largest absolute Gasteiger partial charge is 0.358 e. The summed E-state index contributed by atoms with van der Waals surface area (Å²) < 4.78 is 0. The van der Waals surface area contributed by atoms with Crippen molar-refractivity contribution in [2.24, 2.45) is 10.9 Å². The van der Waals surface area contributed by atoms with Crippen LogP contribution in [0.3, 0.4) is 0 Å². The SMILES string of the molecule is CC(NC1=NC(C(C)C)CCS1)c1ccccc1. The maximum Gasteiger partial charge on any atom is 0.157 e. The molecule has 0 saturated carbocycles. The van der Waals surface area contributed by atoms with Crippen molar-refractivity contribution in [3.8, 4) is 0 Å². The molecule has 2 nitrogen and oxygen atoms in total. The van der Waals surface area contributed by atoms with E-state index in [0.29, 0.717) is 18.0 Å². The van der Waals surface area contributed by atoms with Crippen LogP contribution in [0.25, 0.3) is 0 Å². The lowest BCUT2D eigenvalue weighted by Crippen LogP contribution is -2.30. The van der Waals surface area contributed by atoms with E-state index in [9.17, 15) is 0 Å². The van der Waals surface area contributed by atoms with E-state index in [2.05, 4.69) is 56.4 Å². The van der Waals surface area contributed by atoms with Crippen LogP contribution in [0.4, 0.5) is 0 Å². The molecule has 2 atom stereocenters. The van der Waals surface area contributed by atoms with E-state index in [1.807, 2.05) is 11.8 Å². The molecule has 98 valence electrons. The Bertz CT molecular complexity index is 400. The van der Waals surface area contributed by atoms with Crippen LogP contribution in [0.5, 0.6) is 0 Å². The van der Waals surface area contributed by atoms with Gasteiger partial charge >= 0.3 is 0 Å². The average Bonchev–Trinajstić information content (AvgIpc) is 2.40. The molecule has 2 rings (SSSR count). The lowest BCUT2D eigenvalue weighted by Gasteiger charge is -2.25. The Hall–Kier alpha value is -0.960. The van der Waals surface area contributed by atoms with Gasteiger partial charge in [0.15, 0.2) is 5.17 Å². The van der Waals surface area contributed by atoms with E-state index >= 15 is 0 Å². The van der Waals surface area contributed by atoms with Gasteiger partial charge in [-0.3, -0.25) is 4.99 Å². The Morgan fingerprint density at radius 2 is 1.94 bits per heavy atom. The number of benzene rings is 1. The first-order chi connectivity index (χ1) is 8.66. The second-order valence-electron chi connectivity index (χ2n) is 5.16. The number of aliphatic imine (C=N–C) groups is 1. The normalized spacial score (nSPS) is 21.6. The van der Waals surface area contributed by atoms with Crippen LogP contribution in [0, 0.1) is 5.92 Å². The number of thioether (sulfide) groups is 1. The van der Waals surface area contributed by atoms with Crippen molar-refractivity contribution < 1.29 is 0 Å². The van der Waals surface area contributed by atoms with Crippen LogP contribution in [0.15, 0.2) is 35.3 Å². The van der Waals surface area contributed by atoms with Gasteiger partial charge in [0.25, 0.3) is 0 Å². The lowest BCUT2D eigenvalue weighted by molar-refractivity contribution is 0.482. The third kappa shape index (κ3) is 3.52. The molecular formula is C15H22N2S. The number of hydrogen-bond donors (Lipinski definition) is 1. The first kappa shape index (κ1) is 13.5. The summed E-state index contributed by atoms with van der Waals surface area (Å²) in [5, 5.41) is 4.64. The number of rotatable bonds is 3. The topological polar surface area (TPSA) is 24.4 Å². The van der Waals surface area contributed by atoms with Gasteiger partial charge in [0.1, 0.15) is 0 Å². The Labute approximate surface area is 114 Å². The van der Waals surface area contributed by atoms with Gasteiger partial charge in [0, 0.05) is 5.75 Å². The maximum absolute atomic E-state index is 4.82. The molecule has 3 heteroatoms. The molecule has 0 spiro atoms. The molecule has 0 amide bonds. The highest BCUT2D eigenvalue weighted by atomic mass is 32.2. The number of nitrogens with zero attached hydrogens (tertiary/aromatic N) is 1. The minimum Gasteiger partial charge on any atom is -0.358 e. The van der Waals surface area contributed by atoms with Gasteiger partial charge < -0.3 is 5.32 Å². The summed E-state index contributed by atoms with van der Waals surface area (Å²) in [6, 6.07) is 11.3. The summed E-state index contributed by atoms with van der Waals surface area (Å²) >= 11 is 1.85. The lowest BCUT2D eigenvalue weighted by atomic mass is 10.0. The molecule has 1 aromatic carbocycles. The van der Waals surface area contributed by atoms with Crippen molar-refractivity contribution in [2.45, 2.75) is 39.3 Å². The average molecular weight is 262 g/mol. The third-order valence-electron chi connectivity index (χ3n) is 3.34. The van der Waals surface area contributed by atoms with E-state index in [0.717, 1.165) is 5.17 Å². The Kier molecular flexibility index (Phi) is 4.70. The zero-order valence-corrected chi connectivity index (χ0v) is 12.2. The summed E-state index contributed by atoms with van der Waals surface area (Å²) in [6.07, 6.45) is 1.20. The fourth-order valence-corrected chi connectivity index (χ4v) is 3.12. The minimum atomic E-state index is 0.323. The molecule has 0 bridgehead atoms. The highest BCUT2D eigenvalue weighted by molar-refractivity contribution is 8.13. The molecule has 0 aliphatic carbocycles. The fourth-order valence-electron chi connectivity index (χ4n) is 2.10. The highest BCUT2D eigenvalue weighted by Gasteiger charge is 2.19. The molecule has 1 aromatic rings. The van der Waals surface area contributed by atoms with Gasteiger partial charge in [-0.15, -0.1) is 0 Å². The summed E-state index contributed by atoms with van der Waals surface area (Å²) in [4.78, 5) is 4.82. The molecule has 0 radical (unpaired) electrons. The predicted octanol–water partition coefficient (Wildman–Crippen LogP) is 3.85. The quantitative estimate of drug-likeness (QED) is 0.894. The third-order valence-corrected chi connectivity index (χ3v) is 4.28. The second kappa shape index (κ2) is 6.28. The maximum atomic E-state index is 4.82. The van der Waals surface area contributed by atoms with Crippen LogP contribution in [0.2, 0.25) is 0 Å². The van der Waals surface area contributed by atoms with Gasteiger partial charge in [-0.1, -0.05) is 55.9 Å². The molecule has 1 heterocycles. The van der Waals surface area contributed by atoms with E-state index in [-0.39, 0.29) is 0 Å². The molecule has 0 aromatic heterocycles. The van der Waals surface area contributed by atoms with E-state index in [1.54, 1.807) is 0 Å². The Morgan fingerprint density at radius 3 is 2.61 bits per heavy atom. The van der Waals surface area contributed by atoms with Gasteiger partial charge in [-0.05, 0) is 24.8 Å².